The summed E-state index contributed by atoms with van der Waals surface area (Å²) >= 11 is 3.44. The molecular weight excluding hydrogens is 292 g/mol. The molecule has 7 heteroatoms. The van der Waals surface area contributed by atoms with E-state index in [-0.39, 0.29) is 6.61 Å². The first kappa shape index (κ1) is 14.0. The Hall–Kier alpha value is -0.920. The lowest BCUT2D eigenvalue weighted by molar-refractivity contribution is 0.263. The van der Waals surface area contributed by atoms with Crippen LogP contribution >= 0.6 is 23.1 Å². The van der Waals surface area contributed by atoms with Crippen LogP contribution in [0, 0.1) is 6.92 Å². The minimum atomic E-state index is -0.0256. The molecule has 0 aliphatic heterocycles. The molecule has 0 amide bonds. The fourth-order valence-corrected chi connectivity index (χ4v) is 3.76. The Balaban J connectivity index is 1.52. The van der Waals surface area contributed by atoms with E-state index in [1.54, 1.807) is 23.1 Å². The number of aliphatic hydroxyl groups is 1. The molecule has 0 aromatic carbocycles. The van der Waals surface area contributed by atoms with Crippen LogP contribution in [0.5, 0.6) is 0 Å². The van der Waals surface area contributed by atoms with Crippen LogP contribution in [0.15, 0.2) is 10.5 Å². The highest BCUT2D eigenvalue weighted by atomic mass is 32.2. The molecule has 0 spiro atoms. The van der Waals surface area contributed by atoms with Crippen LogP contribution in [0.25, 0.3) is 0 Å². The van der Waals surface area contributed by atoms with Gasteiger partial charge in [0.05, 0.1) is 10.7 Å². The number of hydrogen-bond donors (Lipinski definition) is 1. The van der Waals surface area contributed by atoms with Crippen LogP contribution in [-0.2, 0) is 13.0 Å². The zero-order valence-electron chi connectivity index (χ0n) is 11.4. The van der Waals surface area contributed by atoms with Crippen LogP contribution in [-0.4, -0.2) is 30.6 Å². The van der Waals surface area contributed by atoms with Crippen molar-refractivity contribution >= 4 is 23.1 Å². The highest BCUT2D eigenvalue weighted by Gasteiger charge is 2.29. The van der Waals surface area contributed by atoms with Gasteiger partial charge in [0.1, 0.15) is 6.61 Å². The normalized spacial score (nSPS) is 14.9. The van der Waals surface area contributed by atoms with Gasteiger partial charge in [0, 0.05) is 17.2 Å². The zero-order chi connectivity index (χ0) is 13.9. The van der Waals surface area contributed by atoms with Crippen molar-refractivity contribution in [1.82, 2.24) is 19.7 Å². The molecule has 3 rings (SSSR count). The van der Waals surface area contributed by atoms with Crippen LogP contribution in [0.3, 0.4) is 0 Å². The number of aliphatic hydroxyl groups excluding tert-OH is 1. The predicted octanol–water partition coefficient (Wildman–Crippen LogP) is 2.60. The summed E-state index contributed by atoms with van der Waals surface area (Å²) in [5.41, 5.74) is 1.19. The molecular formula is C13H18N4OS2. The minimum absolute atomic E-state index is 0.0256. The van der Waals surface area contributed by atoms with Gasteiger partial charge in [-0.3, -0.25) is 0 Å². The fraction of sp³-hybridized carbons (Fsp3) is 0.615. The van der Waals surface area contributed by atoms with Crippen LogP contribution in [0.4, 0.5) is 0 Å². The number of rotatable bonds is 7. The van der Waals surface area contributed by atoms with Crippen molar-refractivity contribution in [3.8, 4) is 0 Å². The maximum Gasteiger partial charge on any atom is 0.191 e. The summed E-state index contributed by atoms with van der Waals surface area (Å²) in [6.07, 6.45) is 4.45. The maximum atomic E-state index is 9.29. The van der Waals surface area contributed by atoms with E-state index in [2.05, 4.69) is 25.1 Å². The Morgan fingerprint density at radius 1 is 1.45 bits per heavy atom. The van der Waals surface area contributed by atoms with Crippen molar-refractivity contribution in [2.24, 2.45) is 0 Å². The zero-order valence-corrected chi connectivity index (χ0v) is 13.1. The van der Waals surface area contributed by atoms with Gasteiger partial charge in [0.2, 0.25) is 0 Å². The monoisotopic (exact) mass is 310 g/mol. The van der Waals surface area contributed by atoms with Crippen molar-refractivity contribution in [3.05, 3.63) is 21.9 Å². The second kappa shape index (κ2) is 6.24. The lowest BCUT2D eigenvalue weighted by atomic mass is 10.3. The second-order valence-corrected chi connectivity index (χ2v) is 7.09. The summed E-state index contributed by atoms with van der Waals surface area (Å²) in [4.78, 5) is 4.47. The third kappa shape index (κ3) is 3.21. The summed E-state index contributed by atoms with van der Waals surface area (Å²) in [6, 6.07) is 0.510. The van der Waals surface area contributed by atoms with E-state index in [4.69, 9.17) is 0 Å². The Kier molecular flexibility index (Phi) is 4.38. The van der Waals surface area contributed by atoms with Gasteiger partial charge in [-0.25, -0.2) is 4.98 Å². The smallest absolute Gasteiger partial charge is 0.191 e. The molecule has 108 valence electrons. The van der Waals surface area contributed by atoms with Crippen molar-refractivity contribution < 1.29 is 5.11 Å². The van der Waals surface area contributed by atoms with E-state index in [1.807, 2.05) is 6.92 Å². The van der Waals surface area contributed by atoms with Gasteiger partial charge < -0.3 is 9.67 Å². The molecule has 0 atom stereocenters. The third-order valence-corrected chi connectivity index (χ3v) is 5.12. The third-order valence-electron chi connectivity index (χ3n) is 3.26. The van der Waals surface area contributed by atoms with Gasteiger partial charge in [-0.1, -0.05) is 11.8 Å². The molecule has 1 aliphatic carbocycles. The van der Waals surface area contributed by atoms with Crippen molar-refractivity contribution in [2.45, 2.75) is 50.4 Å². The van der Waals surface area contributed by atoms with Gasteiger partial charge in [-0.05, 0) is 32.6 Å². The van der Waals surface area contributed by atoms with Crippen molar-refractivity contribution in [1.29, 1.82) is 0 Å². The van der Waals surface area contributed by atoms with E-state index in [0.717, 1.165) is 28.8 Å². The molecule has 20 heavy (non-hydrogen) atoms. The molecule has 2 heterocycles. The standard InChI is InChI=1S/C13H18N4OS2/c1-9-14-10(8-20-9)3-2-6-19-13-16-15-12(7-18)17(13)11-4-5-11/h8,11,18H,2-7H2,1H3. The number of hydrogen-bond acceptors (Lipinski definition) is 6. The minimum Gasteiger partial charge on any atom is -0.388 e. The summed E-state index contributed by atoms with van der Waals surface area (Å²) < 4.78 is 2.11. The first-order chi connectivity index (χ1) is 9.78. The van der Waals surface area contributed by atoms with Crippen LogP contribution in [0.2, 0.25) is 0 Å². The topological polar surface area (TPSA) is 63.8 Å². The molecule has 2 aromatic heterocycles. The van der Waals surface area contributed by atoms with Gasteiger partial charge in [0.25, 0.3) is 0 Å². The lowest BCUT2D eigenvalue weighted by Gasteiger charge is -2.06. The molecule has 1 aliphatic rings. The molecule has 1 N–H and O–H groups in total. The van der Waals surface area contributed by atoms with E-state index in [1.165, 1.54) is 18.5 Å². The maximum absolute atomic E-state index is 9.29. The van der Waals surface area contributed by atoms with Crippen molar-refractivity contribution in [2.75, 3.05) is 5.75 Å². The number of aryl methyl sites for hydroxylation is 2. The first-order valence-electron chi connectivity index (χ1n) is 6.86. The number of nitrogens with zero attached hydrogens (tertiary/aromatic N) is 4. The number of aromatic nitrogens is 4. The van der Waals surface area contributed by atoms with Crippen LogP contribution in [0.1, 0.15) is 41.8 Å². The molecule has 1 fully saturated rings. The summed E-state index contributed by atoms with van der Waals surface area (Å²) in [5, 5.41) is 21.8. The van der Waals surface area contributed by atoms with E-state index in [9.17, 15) is 5.11 Å². The van der Waals surface area contributed by atoms with Gasteiger partial charge in [-0.2, -0.15) is 0 Å². The molecule has 0 bridgehead atoms. The van der Waals surface area contributed by atoms with Gasteiger partial charge in [0.15, 0.2) is 11.0 Å². The van der Waals surface area contributed by atoms with E-state index < -0.39 is 0 Å². The van der Waals surface area contributed by atoms with Gasteiger partial charge >= 0.3 is 0 Å². The predicted molar refractivity (Wildman–Crippen MR) is 80.1 cm³/mol. The average molecular weight is 310 g/mol. The van der Waals surface area contributed by atoms with Crippen molar-refractivity contribution in [3.63, 3.8) is 0 Å². The second-order valence-electron chi connectivity index (χ2n) is 4.97. The summed E-state index contributed by atoms with van der Waals surface area (Å²) in [7, 11) is 0. The Bertz CT molecular complexity index is 577. The highest BCUT2D eigenvalue weighted by molar-refractivity contribution is 7.99. The Morgan fingerprint density at radius 3 is 2.95 bits per heavy atom. The molecule has 0 radical (unpaired) electrons. The largest absolute Gasteiger partial charge is 0.388 e. The molecule has 2 aromatic rings. The fourth-order valence-electron chi connectivity index (χ4n) is 2.15. The lowest BCUT2D eigenvalue weighted by Crippen LogP contribution is -2.03. The van der Waals surface area contributed by atoms with Crippen LogP contribution < -0.4 is 0 Å². The SMILES string of the molecule is Cc1nc(CCCSc2nnc(CO)n2C2CC2)cs1. The molecule has 0 unspecified atom stereocenters. The Morgan fingerprint density at radius 2 is 2.30 bits per heavy atom. The number of thioether (sulfide) groups is 1. The molecule has 1 saturated carbocycles. The summed E-state index contributed by atoms with van der Waals surface area (Å²) in [6.45, 7) is 2.01. The van der Waals surface area contributed by atoms with Gasteiger partial charge in [-0.15, -0.1) is 21.5 Å². The average Bonchev–Trinajstić information content (AvgIpc) is 3.07. The van der Waals surface area contributed by atoms with E-state index in [0.29, 0.717) is 11.9 Å². The number of thiazole rings is 1. The summed E-state index contributed by atoms with van der Waals surface area (Å²) in [5.74, 6) is 1.71. The Labute approximate surface area is 126 Å². The molecule has 0 saturated heterocycles. The quantitative estimate of drug-likeness (QED) is 0.629. The highest BCUT2D eigenvalue weighted by Crippen LogP contribution is 2.38. The van der Waals surface area contributed by atoms with E-state index >= 15 is 0 Å². The molecule has 5 nitrogen and oxygen atoms in total. The first-order valence-corrected chi connectivity index (χ1v) is 8.73.